The third-order valence-corrected chi connectivity index (χ3v) is 7.17. The molecule has 0 unspecified atom stereocenters. The van der Waals surface area contributed by atoms with Gasteiger partial charge in [-0.3, -0.25) is 4.89 Å². The maximum absolute atomic E-state index is 13.1. The van der Waals surface area contributed by atoms with Gasteiger partial charge >= 0.3 is 7.82 Å². The summed E-state index contributed by atoms with van der Waals surface area (Å²) in [6.07, 6.45) is 1.75. The van der Waals surface area contributed by atoms with Crippen LogP contribution in [-0.4, -0.2) is 4.89 Å². The molecular weight excluding hydrogens is 415 g/mol. The van der Waals surface area contributed by atoms with Crippen molar-refractivity contribution in [3.63, 3.8) is 0 Å². The van der Waals surface area contributed by atoms with E-state index in [-0.39, 0.29) is 10.8 Å². The topological polar surface area (TPSA) is 55.8 Å². The zero-order valence-electron chi connectivity index (χ0n) is 19.3. The predicted molar refractivity (Wildman–Crippen MR) is 124 cm³/mol. The highest BCUT2D eigenvalue weighted by molar-refractivity contribution is 7.99. The third kappa shape index (κ3) is 4.74. The number of phosphoric acid groups is 1. The Morgan fingerprint density at radius 3 is 1.47 bits per heavy atom. The number of fused-ring (bicyclic) bond motifs is 2. The summed E-state index contributed by atoms with van der Waals surface area (Å²) >= 11 is 1.55. The summed E-state index contributed by atoms with van der Waals surface area (Å²) in [5.74, 6) is 0.890. The van der Waals surface area contributed by atoms with E-state index >= 15 is 0 Å². The molecule has 0 radical (unpaired) electrons. The van der Waals surface area contributed by atoms with Gasteiger partial charge in [0.05, 0.1) is 9.79 Å². The van der Waals surface area contributed by atoms with Crippen LogP contribution in [0.15, 0.2) is 34.1 Å². The maximum atomic E-state index is 13.1. The summed E-state index contributed by atoms with van der Waals surface area (Å²) in [6.45, 7) is 16.7. The average molecular weight is 449 g/mol. The highest BCUT2D eigenvalue weighted by Gasteiger charge is 2.37. The van der Waals surface area contributed by atoms with E-state index in [0.29, 0.717) is 11.5 Å². The van der Waals surface area contributed by atoms with Crippen LogP contribution in [0, 0.1) is 0 Å². The van der Waals surface area contributed by atoms with Crippen molar-refractivity contribution in [2.24, 2.45) is 0 Å². The molecule has 0 fully saturated rings. The zero-order valence-corrected chi connectivity index (χ0v) is 21.0. The molecule has 0 spiro atoms. The summed E-state index contributed by atoms with van der Waals surface area (Å²) in [7, 11) is -4.38. The molecule has 164 valence electrons. The van der Waals surface area contributed by atoms with Gasteiger partial charge in [0.2, 0.25) is 0 Å². The normalized spacial score (nSPS) is 15.9. The molecule has 0 saturated carbocycles. The highest BCUT2D eigenvalue weighted by Crippen LogP contribution is 2.57. The summed E-state index contributed by atoms with van der Waals surface area (Å²) < 4.78 is 24.6. The van der Waals surface area contributed by atoms with Crippen molar-refractivity contribution in [1.29, 1.82) is 0 Å². The SMILES string of the molecule is CCc1cc2c(c(C(C)(C)C)c1)OP(=O)(O)Oc1c(cc(CC)cc1C(C)(C)C)S2. The van der Waals surface area contributed by atoms with Gasteiger partial charge < -0.3 is 9.05 Å². The lowest BCUT2D eigenvalue weighted by atomic mass is 9.85. The number of phosphoric ester groups is 1. The van der Waals surface area contributed by atoms with Crippen LogP contribution in [-0.2, 0) is 28.2 Å². The van der Waals surface area contributed by atoms with Gasteiger partial charge in [0, 0.05) is 11.1 Å². The maximum Gasteiger partial charge on any atom is 0.584 e. The average Bonchev–Trinajstić information content (AvgIpc) is 2.60. The Morgan fingerprint density at radius 1 is 0.800 bits per heavy atom. The molecule has 2 aromatic rings. The lowest BCUT2D eigenvalue weighted by molar-refractivity contribution is 0.280. The monoisotopic (exact) mass is 448 g/mol. The number of rotatable bonds is 2. The Bertz CT molecular complexity index is 938. The Morgan fingerprint density at radius 2 is 1.17 bits per heavy atom. The molecule has 0 atom stereocenters. The van der Waals surface area contributed by atoms with Gasteiger partial charge in [-0.05, 0) is 46.9 Å². The standard InChI is InChI=1S/C24H33O4PS/c1-9-15-11-17(23(3,4)5)21-19(13-15)30-20-14-16(10-2)12-18(24(6,7)8)22(20)28-29(25,26)27-21/h11-14H,9-10H2,1-8H3,(H,25,26). The van der Waals surface area contributed by atoms with E-state index in [1.165, 1.54) is 11.1 Å². The molecule has 0 saturated heterocycles. The van der Waals surface area contributed by atoms with Crippen molar-refractivity contribution in [3.05, 3.63) is 46.5 Å². The molecule has 6 heteroatoms. The fourth-order valence-corrected chi connectivity index (χ4v) is 5.71. The molecule has 0 amide bonds. The minimum atomic E-state index is -4.38. The van der Waals surface area contributed by atoms with Crippen LogP contribution in [0.4, 0.5) is 0 Å². The van der Waals surface area contributed by atoms with E-state index in [1.54, 1.807) is 11.8 Å². The number of hydrogen-bond donors (Lipinski definition) is 1. The Hall–Kier alpha value is -1.42. The second-order valence-electron chi connectivity index (χ2n) is 9.90. The van der Waals surface area contributed by atoms with Gasteiger partial charge in [-0.2, -0.15) is 0 Å². The quantitative estimate of drug-likeness (QED) is 0.484. The number of benzene rings is 2. The van der Waals surface area contributed by atoms with E-state index < -0.39 is 7.82 Å². The molecule has 30 heavy (non-hydrogen) atoms. The van der Waals surface area contributed by atoms with Crippen LogP contribution >= 0.6 is 19.6 Å². The Kier molecular flexibility index (Phi) is 6.14. The third-order valence-electron chi connectivity index (χ3n) is 5.30. The lowest BCUT2D eigenvalue weighted by Gasteiger charge is -2.31. The summed E-state index contributed by atoms with van der Waals surface area (Å²) in [6, 6.07) is 8.29. The van der Waals surface area contributed by atoms with E-state index in [4.69, 9.17) is 9.05 Å². The van der Waals surface area contributed by atoms with E-state index in [1.807, 2.05) is 0 Å². The fraction of sp³-hybridized carbons (Fsp3) is 0.500. The minimum absolute atomic E-state index is 0.250. The second-order valence-corrected chi connectivity index (χ2v) is 12.3. The molecule has 1 aliphatic heterocycles. The largest absolute Gasteiger partial charge is 0.584 e. The van der Waals surface area contributed by atoms with Crippen LogP contribution in [0.5, 0.6) is 11.5 Å². The van der Waals surface area contributed by atoms with Crippen LogP contribution in [0.25, 0.3) is 0 Å². The van der Waals surface area contributed by atoms with E-state index in [9.17, 15) is 9.46 Å². The first-order valence-electron chi connectivity index (χ1n) is 10.5. The molecule has 0 aliphatic carbocycles. The summed E-state index contributed by atoms with van der Waals surface area (Å²) in [4.78, 5) is 12.4. The van der Waals surface area contributed by atoms with E-state index in [0.717, 1.165) is 33.8 Å². The summed E-state index contributed by atoms with van der Waals surface area (Å²) in [5, 5.41) is 0. The van der Waals surface area contributed by atoms with Crippen molar-refractivity contribution in [1.82, 2.24) is 0 Å². The fourth-order valence-electron chi connectivity index (χ4n) is 3.55. The second kappa shape index (κ2) is 7.93. The van der Waals surface area contributed by atoms with Gasteiger partial charge in [0.1, 0.15) is 11.5 Å². The Labute approximate surface area is 185 Å². The summed E-state index contributed by atoms with van der Waals surface area (Å²) in [5.41, 5.74) is 3.67. The van der Waals surface area contributed by atoms with Crippen molar-refractivity contribution >= 4 is 19.6 Å². The number of aryl methyl sites for hydroxylation is 2. The molecule has 3 rings (SSSR count). The molecule has 0 aromatic heterocycles. The first-order valence-corrected chi connectivity index (χ1v) is 12.8. The van der Waals surface area contributed by atoms with Gasteiger partial charge in [-0.25, -0.2) is 4.57 Å². The Balaban J connectivity index is 2.35. The molecule has 1 N–H and O–H groups in total. The predicted octanol–water partition coefficient (Wildman–Crippen LogP) is 7.43. The molecule has 2 aromatic carbocycles. The number of hydrogen-bond acceptors (Lipinski definition) is 4. The van der Waals surface area contributed by atoms with Gasteiger partial charge in [-0.15, -0.1) is 0 Å². The van der Waals surface area contributed by atoms with Crippen LogP contribution in [0.3, 0.4) is 0 Å². The van der Waals surface area contributed by atoms with Crippen molar-refractivity contribution < 1.29 is 18.5 Å². The van der Waals surface area contributed by atoms with Crippen molar-refractivity contribution in [2.75, 3.05) is 0 Å². The lowest BCUT2D eigenvalue weighted by Crippen LogP contribution is -2.18. The molecular formula is C24H33O4PS. The molecule has 1 heterocycles. The van der Waals surface area contributed by atoms with Crippen LogP contribution in [0.1, 0.15) is 77.6 Å². The molecule has 1 aliphatic rings. The zero-order chi connectivity index (χ0) is 22.5. The van der Waals surface area contributed by atoms with Crippen LogP contribution < -0.4 is 9.05 Å². The molecule has 0 bridgehead atoms. The van der Waals surface area contributed by atoms with Crippen molar-refractivity contribution in [2.45, 2.75) is 88.9 Å². The van der Waals surface area contributed by atoms with E-state index in [2.05, 4.69) is 79.7 Å². The minimum Gasteiger partial charge on any atom is -0.394 e. The van der Waals surface area contributed by atoms with Gasteiger partial charge in [0.25, 0.3) is 0 Å². The van der Waals surface area contributed by atoms with Crippen LogP contribution in [0.2, 0.25) is 0 Å². The smallest absolute Gasteiger partial charge is 0.394 e. The van der Waals surface area contributed by atoms with Gasteiger partial charge in [0.15, 0.2) is 0 Å². The highest BCUT2D eigenvalue weighted by atomic mass is 32.2. The molecule has 4 nitrogen and oxygen atoms in total. The first-order chi connectivity index (χ1) is 13.7. The first kappa shape index (κ1) is 23.2. The van der Waals surface area contributed by atoms with Crippen molar-refractivity contribution in [3.8, 4) is 11.5 Å². The van der Waals surface area contributed by atoms with Gasteiger partial charge in [-0.1, -0.05) is 79.3 Å².